The van der Waals surface area contributed by atoms with Crippen molar-refractivity contribution in [1.82, 2.24) is 20.5 Å². The Morgan fingerprint density at radius 3 is 2.38 bits per heavy atom. The number of alkyl halides is 3. The zero-order valence-corrected chi connectivity index (χ0v) is 11.8. The Balaban J connectivity index is 2.11. The van der Waals surface area contributed by atoms with E-state index in [0.29, 0.717) is 12.4 Å². The van der Waals surface area contributed by atoms with Gasteiger partial charge in [-0.3, -0.25) is 4.98 Å². The highest BCUT2D eigenvalue weighted by atomic mass is 19.4. The van der Waals surface area contributed by atoms with Crippen LogP contribution in [0.4, 0.5) is 13.2 Å². The summed E-state index contributed by atoms with van der Waals surface area (Å²) >= 11 is 0. The van der Waals surface area contributed by atoms with E-state index in [1.165, 1.54) is 6.07 Å². The van der Waals surface area contributed by atoms with Gasteiger partial charge in [0.05, 0.1) is 12.1 Å². The summed E-state index contributed by atoms with van der Waals surface area (Å²) in [6.45, 7) is 6.34. The summed E-state index contributed by atoms with van der Waals surface area (Å²) in [5.74, 6) is 0.441. The van der Waals surface area contributed by atoms with Gasteiger partial charge in [0, 0.05) is 11.7 Å². The van der Waals surface area contributed by atoms with Crippen molar-refractivity contribution in [2.75, 3.05) is 0 Å². The molecule has 0 spiro atoms. The summed E-state index contributed by atoms with van der Waals surface area (Å²) < 4.78 is 42.7. The Bertz CT molecular complexity index is 599. The highest BCUT2D eigenvalue weighted by Gasteiger charge is 2.30. The van der Waals surface area contributed by atoms with Crippen molar-refractivity contribution in [3.63, 3.8) is 0 Å². The van der Waals surface area contributed by atoms with Crippen molar-refractivity contribution in [2.24, 2.45) is 0 Å². The predicted molar refractivity (Wildman–Crippen MR) is 69.1 cm³/mol. The maximum absolute atomic E-state index is 12.4. The quantitative estimate of drug-likeness (QED) is 0.944. The summed E-state index contributed by atoms with van der Waals surface area (Å²) in [7, 11) is 0. The average Bonchev–Trinajstić information content (AvgIpc) is 2.83. The smallest absolute Gasteiger partial charge is 0.417 e. The summed E-state index contributed by atoms with van der Waals surface area (Å²) in [4.78, 5) is 3.70. The molecule has 0 aliphatic carbocycles. The lowest BCUT2D eigenvalue weighted by atomic mass is 10.1. The molecule has 0 atom stereocenters. The highest BCUT2D eigenvalue weighted by molar-refractivity contribution is 5.46. The minimum absolute atomic E-state index is 0.0921. The molecule has 0 saturated heterocycles. The second kappa shape index (κ2) is 5.44. The van der Waals surface area contributed by atoms with Crippen molar-refractivity contribution >= 4 is 0 Å². The van der Waals surface area contributed by atoms with Crippen LogP contribution >= 0.6 is 0 Å². The lowest BCUT2D eigenvalue weighted by molar-refractivity contribution is -0.137. The van der Waals surface area contributed by atoms with Gasteiger partial charge in [-0.25, -0.2) is 0 Å². The fraction of sp³-hybridized carbons (Fsp3) is 0.462. The molecule has 5 nitrogen and oxygen atoms in total. The van der Waals surface area contributed by atoms with E-state index in [1.54, 1.807) is 0 Å². The first-order valence-electron chi connectivity index (χ1n) is 6.26. The Morgan fingerprint density at radius 1 is 1.14 bits per heavy atom. The SMILES string of the molecule is CC(C)(C)NCc1nnc(-c2ccc(C(F)(F)F)cn2)o1. The van der Waals surface area contributed by atoms with Crippen molar-refractivity contribution < 1.29 is 17.6 Å². The van der Waals surface area contributed by atoms with E-state index in [9.17, 15) is 13.2 Å². The first-order chi connectivity index (χ1) is 9.65. The third-order valence-electron chi connectivity index (χ3n) is 2.55. The van der Waals surface area contributed by atoms with E-state index in [-0.39, 0.29) is 17.1 Å². The number of halogens is 3. The summed E-state index contributed by atoms with van der Waals surface area (Å²) in [6, 6.07) is 2.14. The number of hydrogen-bond acceptors (Lipinski definition) is 5. The van der Waals surface area contributed by atoms with Gasteiger partial charge >= 0.3 is 6.18 Å². The molecule has 0 aromatic carbocycles. The Morgan fingerprint density at radius 2 is 1.86 bits per heavy atom. The molecule has 0 radical (unpaired) electrons. The zero-order chi connectivity index (χ0) is 15.7. The van der Waals surface area contributed by atoms with Gasteiger partial charge in [0.2, 0.25) is 5.89 Å². The van der Waals surface area contributed by atoms with Crippen LogP contribution in [-0.2, 0) is 12.7 Å². The number of nitrogens with one attached hydrogen (secondary N) is 1. The molecule has 114 valence electrons. The summed E-state index contributed by atoms with van der Waals surface area (Å²) in [5.41, 5.74) is -0.723. The molecule has 0 aliphatic rings. The van der Waals surface area contributed by atoms with Crippen LogP contribution in [0.1, 0.15) is 32.2 Å². The molecule has 2 heterocycles. The molecule has 8 heteroatoms. The van der Waals surface area contributed by atoms with E-state index in [0.717, 1.165) is 12.3 Å². The van der Waals surface area contributed by atoms with Gasteiger partial charge in [-0.1, -0.05) is 0 Å². The molecule has 0 saturated carbocycles. The summed E-state index contributed by atoms with van der Waals surface area (Å²) in [5, 5.41) is 10.8. The minimum Gasteiger partial charge on any atom is -0.418 e. The van der Waals surface area contributed by atoms with Crippen LogP contribution in [0.3, 0.4) is 0 Å². The standard InChI is InChI=1S/C13H15F3N4O/c1-12(2,3)18-7-10-19-20-11(21-10)9-5-4-8(6-17-9)13(14,15)16/h4-6,18H,7H2,1-3H3. The van der Waals surface area contributed by atoms with Crippen LogP contribution in [0.25, 0.3) is 11.6 Å². The fourth-order valence-electron chi connectivity index (χ4n) is 1.46. The molecule has 1 N–H and O–H groups in total. The van der Waals surface area contributed by atoms with Gasteiger partial charge in [0.25, 0.3) is 5.89 Å². The molecule has 2 aromatic heterocycles. The van der Waals surface area contributed by atoms with Crippen LogP contribution in [-0.4, -0.2) is 20.7 Å². The molecule has 0 aliphatic heterocycles. The van der Waals surface area contributed by atoms with Gasteiger partial charge < -0.3 is 9.73 Å². The normalized spacial score (nSPS) is 12.7. The van der Waals surface area contributed by atoms with Crippen molar-refractivity contribution in [1.29, 1.82) is 0 Å². The highest BCUT2D eigenvalue weighted by Crippen LogP contribution is 2.29. The Kier molecular flexibility index (Phi) is 3.99. The summed E-state index contributed by atoms with van der Waals surface area (Å²) in [6.07, 6.45) is -3.67. The van der Waals surface area contributed by atoms with Crippen molar-refractivity contribution in [2.45, 2.75) is 39.0 Å². The van der Waals surface area contributed by atoms with E-state index < -0.39 is 11.7 Å². The van der Waals surface area contributed by atoms with Gasteiger partial charge in [0.15, 0.2) is 0 Å². The second-order valence-electron chi connectivity index (χ2n) is 5.53. The lowest BCUT2D eigenvalue weighted by Gasteiger charge is -2.18. The zero-order valence-electron chi connectivity index (χ0n) is 11.8. The van der Waals surface area contributed by atoms with Crippen LogP contribution < -0.4 is 5.32 Å². The topological polar surface area (TPSA) is 63.8 Å². The first-order valence-corrected chi connectivity index (χ1v) is 6.26. The maximum Gasteiger partial charge on any atom is 0.417 e. The number of pyridine rings is 1. The van der Waals surface area contributed by atoms with Crippen molar-refractivity contribution in [3.05, 3.63) is 29.8 Å². The van der Waals surface area contributed by atoms with Crippen LogP contribution in [0.2, 0.25) is 0 Å². The van der Waals surface area contributed by atoms with Crippen LogP contribution in [0, 0.1) is 0 Å². The molecule has 21 heavy (non-hydrogen) atoms. The number of hydrogen-bond donors (Lipinski definition) is 1. The predicted octanol–water partition coefficient (Wildman–Crippen LogP) is 3.04. The average molecular weight is 300 g/mol. The molecule has 0 fully saturated rings. The second-order valence-corrected chi connectivity index (χ2v) is 5.53. The van der Waals surface area contributed by atoms with E-state index >= 15 is 0 Å². The minimum atomic E-state index is -4.41. The largest absolute Gasteiger partial charge is 0.418 e. The molecular formula is C13H15F3N4O. The van der Waals surface area contributed by atoms with Gasteiger partial charge in [0.1, 0.15) is 5.69 Å². The van der Waals surface area contributed by atoms with E-state index in [4.69, 9.17) is 4.42 Å². The van der Waals surface area contributed by atoms with Crippen molar-refractivity contribution in [3.8, 4) is 11.6 Å². The Hall–Kier alpha value is -1.96. The van der Waals surface area contributed by atoms with Crippen LogP contribution in [0.5, 0.6) is 0 Å². The van der Waals surface area contributed by atoms with Gasteiger partial charge in [-0.05, 0) is 32.9 Å². The van der Waals surface area contributed by atoms with E-state index in [2.05, 4.69) is 20.5 Å². The van der Waals surface area contributed by atoms with Gasteiger partial charge in [-0.2, -0.15) is 13.2 Å². The molecule has 2 rings (SSSR count). The molecule has 0 bridgehead atoms. The van der Waals surface area contributed by atoms with Gasteiger partial charge in [-0.15, -0.1) is 10.2 Å². The molecule has 0 amide bonds. The number of nitrogens with zero attached hydrogens (tertiary/aromatic N) is 3. The maximum atomic E-state index is 12.4. The lowest BCUT2D eigenvalue weighted by Crippen LogP contribution is -2.35. The monoisotopic (exact) mass is 300 g/mol. The number of rotatable bonds is 3. The Labute approximate surface area is 119 Å². The third kappa shape index (κ3) is 4.25. The molecule has 0 unspecified atom stereocenters. The number of aromatic nitrogens is 3. The van der Waals surface area contributed by atoms with E-state index in [1.807, 2.05) is 20.8 Å². The molecular weight excluding hydrogens is 285 g/mol. The fourth-order valence-corrected chi connectivity index (χ4v) is 1.46. The first kappa shape index (κ1) is 15.4. The molecule has 2 aromatic rings. The third-order valence-corrected chi connectivity index (χ3v) is 2.55. The van der Waals surface area contributed by atoms with Crippen LogP contribution in [0.15, 0.2) is 22.7 Å².